The fourth-order valence-corrected chi connectivity index (χ4v) is 4.94. The van der Waals surface area contributed by atoms with Crippen molar-refractivity contribution < 1.29 is 40.7 Å². The predicted molar refractivity (Wildman–Crippen MR) is 141 cm³/mol. The summed E-state index contributed by atoms with van der Waals surface area (Å²) in [6.45, 7) is 3.48. The van der Waals surface area contributed by atoms with Gasteiger partial charge in [0.15, 0.2) is 0 Å². The average Bonchev–Trinajstić information content (AvgIpc) is 2.90. The van der Waals surface area contributed by atoms with Crippen LogP contribution in [0.2, 0.25) is 0 Å². The van der Waals surface area contributed by atoms with E-state index in [9.17, 15) is 31.2 Å². The molecule has 0 saturated carbocycles. The van der Waals surface area contributed by atoms with E-state index in [1.165, 1.54) is 43.5 Å². The Morgan fingerprint density at radius 3 is 2.15 bits per heavy atom. The summed E-state index contributed by atoms with van der Waals surface area (Å²) in [7, 11) is -2.68. The number of nitrogens with two attached hydrogens (primary N) is 1. The number of rotatable bonds is 10. The summed E-state index contributed by atoms with van der Waals surface area (Å²) in [6, 6.07) is 12.4. The molecular weight excluding hydrogens is 549 g/mol. The Kier molecular flexibility index (Phi) is 9.72. The first-order valence-electron chi connectivity index (χ1n) is 12.1. The molecule has 0 unspecified atom stereocenters. The van der Waals surface area contributed by atoms with Crippen molar-refractivity contribution in [1.29, 1.82) is 0 Å². The van der Waals surface area contributed by atoms with E-state index >= 15 is 0 Å². The van der Waals surface area contributed by atoms with Gasteiger partial charge in [-0.15, -0.1) is 0 Å². The van der Waals surface area contributed by atoms with Gasteiger partial charge in [0.2, 0.25) is 10.0 Å². The standard InChI is InChI=1S/C28H29F3N2O6S/c1-17-14-23(16-24(18(17)2)26(34)38-3)40(36,37)33-13-12-19-6-10-22(11-7-19)39-27(35)25(32)15-20-4-8-21(9-5-20)28(29,30)31/h4-11,14,16,25,33H,12-13,15,32H2,1-3H3/t25-/m0/s1. The molecule has 3 aromatic rings. The molecule has 8 nitrogen and oxygen atoms in total. The summed E-state index contributed by atoms with van der Waals surface area (Å²) < 4.78 is 76.2. The minimum Gasteiger partial charge on any atom is -0.465 e. The van der Waals surface area contributed by atoms with Crippen LogP contribution in [0.5, 0.6) is 5.75 Å². The first-order chi connectivity index (χ1) is 18.7. The molecule has 214 valence electrons. The lowest BCUT2D eigenvalue weighted by Crippen LogP contribution is -2.36. The van der Waals surface area contributed by atoms with Gasteiger partial charge < -0.3 is 15.2 Å². The van der Waals surface area contributed by atoms with Crippen molar-refractivity contribution in [2.45, 2.75) is 43.8 Å². The number of nitrogens with one attached hydrogen (secondary N) is 1. The van der Waals surface area contributed by atoms with Crippen molar-refractivity contribution in [2.75, 3.05) is 13.7 Å². The summed E-state index contributed by atoms with van der Waals surface area (Å²) in [6.07, 6.45) is -4.13. The van der Waals surface area contributed by atoms with Crippen LogP contribution in [0.4, 0.5) is 13.2 Å². The molecule has 0 aliphatic carbocycles. The Morgan fingerprint density at radius 2 is 1.57 bits per heavy atom. The van der Waals surface area contributed by atoms with E-state index in [0.717, 1.165) is 17.7 Å². The van der Waals surface area contributed by atoms with Gasteiger partial charge in [0.05, 0.1) is 23.1 Å². The molecule has 40 heavy (non-hydrogen) atoms. The van der Waals surface area contributed by atoms with Gasteiger partial charge in [0, 0.05) is 6.54 Å². The highest BCUT2D eigenvalue weighted by Gasteiger charge is 2.30. The van der Waals surface area contributed by atoms with E-state index in [-0.39, 0.29) is 29.2 Å². The maximum absolute atomic E-state index is 12.8. The fourth-order valence-electron chi connectivity index (χ4n) is 3.80. The molecule has 3 aromatic carbocycles. The van der Waals surface area contributed by atoms with Crippen LogP contribution in [0.25, 0.3) is 0 Å². The third-order valence-corrected chi connectivity index (χ3v) is 7.68. The fraction of sp³-hybridized carbons (Fsp3) is 0.286. The molecule has 0 spiro atoms. The molecule has 0 amide bonds. The Morgan fingerprint density at radius 1 is 0.975 bits per heavy atom. The highest BCUT2D eigenvalue weighted by Crippen LogP contribution is 2.29. The van der Waals surface area contributed by atoms with Crippen molar-refractivity contribution in [3.8, 4) is 5.75 Å². The molecule has 0 radical (unpaired) electrons. The summed E-state index contributed by atoms with van der Waals surface area (Å²) in [4.78, 5) is 24.3. The molecule has 0 aromatic heterocycles. The number of carbonyl (C=O) groups excluding carboxylic acids is 2. The molecule has 0 fully saturated rings. The lowest BCUT2D eigenvalue weighted by Gasteiger charge is -2.13. The van der Waals surface area contributed by atoms with Crippen LogP contribution in [-0.2, 0) is 38.6 Å². The third kappa shape index (κ3) is 7.90. The average molecular weight is 579 g/mol. The van der Waals surface area contributed by atoms with Crippen LogP contribution >= 0.6 is 0 Å². The zero-order valence-electron chi connectivity index (χ0n) is 22.0. The number of aryl methyl sites for hydroxylation is 1. The number of esters is 2. The Bertz CT molecular complexity index is 1470. The van der Waals surface area contributed by atoms with Crippen molar-refractivity contribution in [3.63, 3.8) is 0 Å². The maximum atomic E-state index is 12.8. The minimum atomic E-state index is -4.45. The SMILES string of the molecule is COC(=O)c1cc(S(=O)(=O)NCCc2ccc(OC(=O)[C@@H](N)Cc3ccc(C(F)(F)F)cc3)cc2)cc(C)c1C. The topological polar surface area (TPSA) is 125 Å². The van der Waals surface area contributed by atoms with Crippen LogP contribution in [0, 0.1) is 13.8 Å². The quantitative estimate of drug-likeness (QED) is 0.274. The second-order valence-corrected chi connectivity index (χ2v) is 10.9. The summed E-state index contributed by atoms with van der Waals surface area (Å²) >= 11 is 0. The van der Waals surface area contributed by atoms with Crippen LogP contribution in [0.1, 0.15) is 38.2 Å². The van der Waals surface area contributed by atoms with Crippen LogP contribution in [0.15, 0.2) is 65.6 Å². The number of benzene rings is 3. The number of alkyl halides is 3. The molecule has 0 aliphatic heterocycles. The number of methoxy groups -OCH3 is 1. The second-order valence-electron chi connectivity index (χ2n) is 9.12. The van der Waals surface area contributed by atoms with Crippen molar-refractivity contribution in [3.05, 3.63) is 94.0 Å². The van der Waals surface area contributed by atoms with E-state index in [1.54, 1.807) is 26.0 Å². The highest BCUT2D eigenvalue weighted by atomic mass is 32.2. The molecule has 1 atom stereocenters. The van der Waals surface area contributed by atoms with Gasteiger partial charge in [0.1, 0.15) is 11.8 Å². The molecular formula is C28H29F3N2O6S. The largest absolute Gasteiger partial charge is 0.465 e. The molecule has 0 aliphatic rings. The van der Waals surface area contributed by atoms with Gasteiger partial charge >= 0.3 is 18.1 Å². The van der Waals surface area contributed by atoms with E-state index in [2.05, 4.69) is 4.72 Å². The maximum Gasteiger partial charge on any atom is 0.416 e. The monoisotopic (exact) mass is 578 g/mol. The highest BCUT2D eigenvalue weighted by molar-refractivity contribution is 7.89. The molecule has 12 heteroatoms. The van der Waals surface area contributed by atoms with E-state index < -0.39 is 39.7 Å². The first-order valence-corrected chi connectivity index (χ1v) is 13.6. The second kappa shape index (κ2) is 12.6. The van der Waals surface area contributed by atoms with Crippen LogP contribution < -0.4 is 15.2 Å². The van der Waals surface area contributed by atoms with Gasteiger partial charge in [-0.3, -0.25) is 0 Å². The summed E-state index contributed by atoms with van der Waals surface area (Å²) in [5.74, 6) is -1.17. The smallest absolute Gasteiger partial charge is 0.416 e. The van der Waals surface area contributed by atoms with Crippen molar-refractivity contribution in [2.24, 2.45) is 5.73 Å². The summed E-state index contributed by atoms with van der Waals surface area (Å²) in [5, 5.41) is 0. The first kappa shape index (κ1) is 30.8. The Hall–Kier alpha value is -3.74. The van der Waals surface area contributed by atoms with Crippen molar-refractivity contribution >= 4 is 22.0 Å². The molecule has 0 saturated heterocycles. The van der Waals surface area contributed by atoms with Crippen LogP contribution in [0.3, 0.4) is 0 Å². The molecule has 3 N–H and O–H groups in total. The minimum absolute atomic E-state index is 0.00315. The Labute approximate surface area is 230 Å². The predicted octanol–water partition coefficient (Wildman–Crippen LogP) is 4.11. The molecule has 3 rings (SSSR count). The molecule has 0 heterocycles. The third-order valence-electron chi connectivity index (χ3n) is 6.24. The van der Waals surface area contributed by atoms with E-state index in [0.29, 0.717) is 23.1 Å². The normalized spacial score (nSPS) is 12.6. The number of sulfonamides is 1. The van der Waals surface area contributed by atoms with Gasteiger partial charge in [-0.05, 0) is 85.3 Å². The number of hydrogen-bond donors (Lipinski definition) is 2. The van der Waals surface area contributed by atoms with Gasteiger partial charge in [0.25, 0.3) is 0 Å². The van der Waals surface area contributed by atoms with Gasteiger partial charge in [-0.25, -0.2) is 22.7 Å². The summed E-state index contributed by atoms with van der Waals surface area (Å²) in [5.41, 5.74) is 7.72. The lowest BCUT2D eigenvalue weighted by molar-refractivity contribution is -0.138. The Balaban J connectivity index is 1.54. The van der Waals surface area contributed by atoms with Gasteiger partial charge in [-0.1, -0.05) is 24.3 Å². The number of hydrogen-bond acceptors (Lipinski definition) is 7. The number of carbonyl (C=O) groups is 2. The van der Waals surface area contributed by atoms with Crippen molar-refractivity contribution in [1.82, 2.24) is 4.72 Å². The zero-order chi connectivity index (χ0) is 29.7. The van der Waals surface area contributed by atoms with Gasteiger partial charge in [-0.2, -0.15) is 13.2 Å². The van der Waals surface area contributed by atoms with E-state index in [4.69, 9.17) is 15.2 Å². The van der Waals surface area contributed by atoms with E-state index in [1.807, 2.05) is 0 Å². The zero-order valence-corrected chi connectivity index (χ0v) is 22.9. The molecule has 0 bridgehead atoms. The van der Waals surface area contributed by atoms with Crippen LogP contribution in [-0.4, -0.2) is 40.1 Å². The lowest BCUT2D eigenvalue weighted by atomic mass is 10.0. The number of ether oxygens (including phenoxy) is 2. The number of halogens is 3.